The van der Waals surface area contributed by atoms with Gasteiger partial charge in [-0.3, -0.25) is 5.14 Å². The van der Waals surface area contributed by atoms with Crippen LogP contribution in [0, 0.1) is 20.8 Å². The molecular weight excluding hydrogens is 234 g/mol. The lowest BCUT2D eigenvalue weighted by atomic mass is 10.1. The minimum Gasteiger partial charge on any atom is -0.253 e. The Labute approximate surface area is 94.3 Å². The quantitative estimate of drug-likeness (QED) is 0.652. The van der Waals surface area contributed by atoms with Gasteiger partial charge < -0.3 is 0 Å². The first-order chi connectivity index (χ1) is 6.88. The van der Waals surface area contributed by atoms with Crippen LogP contribution in [0.25, 0.3) is 0 Å². The van der Waals surface area contributed by atoms with E-state index in [9.17, 15) is 8.42 Å². The number of benzene rings is 1. The van der Waals surface area contributed by atoms with Gasteiger partial charge in [0.2, 0.25) is 0 Å². The van der Waals surface area contributed by atoms with E-state index >= 15 is 0 Å². The van der Waals surface area contributed by atoms with E-state index in [1.54, 1.807) is 26.0 Å². The fourth-order valence-electron chi connectivity index (χ4n) is 1.65. The Morgan fingerprint density at radius 1 is 1.20 bits per heavy atom. The van der Waals surface area contributed by atoms with Crippen molar-refractivity contribution in [2.75, 3.05) is 0 Å². The van der Waals surface area contributed by atoms with Gasteiger partial charge in [0.25, 0.3) is 0 Å². The van der Waals surface area contributed by atoms with Crippen LogP contribution in [0.5, 0.6) is 0 Å². The summed E-state index contributed by atoms with van der Waals surface area (Å²) in [6.07, 6.45) is 0. The van der Waals surface area contributed by atoms with Crippen molar-refractivity contribution in [3.8, 4) is 0 Å². The van der Waals surface area contributed by atoms with Gasteiger partial charge in [0.15, 0.2) is 0 Å². The average molecular weight is 247 g/mol. The zero-order valence-electron chi connectivity index (χ0n) is 8.77. The third-order valence-corrected chi connectivity index (χ3v) is 4.16. The van der Waals surface area contributed by atoms with E-state index in [0.717, 1.165) is 5.56 Å². The molecule has 0 heterocycles. The minimum absolute atomic E-state index is 0.200. The topological polar surface area (TPSA) is 69.4 Å². The molecule has 0 spiro atoms. The lowest BCUT2D eigenvalue weighted by Crippen LogP contribution is -2.07. The molecule has 0 saturated heterocycles. The highest BCUT2D eigenvalue weighted by Gasteiger charge is 2.20. The van der Waals surface area contributed by atoms with Gasteiger partial charge in [-0.1, -0.05) is 17.7 Å². The molecule has 0 saturated carbocycles. The summed E-state index contributed by atoms with van der Waals surface area (Å²) in [6, 6.07) is 3.59. The Morgan fingerprint density at radius 2 is 1.67 bits per heavy atom. The number of nitrogens with two attached hydrogens (primary N) is 1. The largest absolute Gasteiger partial charge is 0.309 e. The Hall–Kier alpha value is -0.560. The van der Waals surface area contributed by atoms with E-state index in [-0.39, 0.29) is 4.90 Å². The van der Waals surface area contributed by atoms with Crippen LogP contribution in [0.2, 0.25) is 0 Å². The average Bonchev–Trinajstić information content (AvgIpc) is 1.99. The first-order valence-electron chi connectivity index (χ1n) is 4.26. The molecule has 15 heavy (non-hydrogen) atoms. The van der Waals surface area contributed by atoms with E-state index < -0.39 is 10.1 Å². The van der Waals surface area contributed by atoms with E-state index in [4.69, 9.17) is 5.14 Å². The molecule has 1 aromatic carbocycles. The monoisotopic (exact) mass is 247 g/mol. The molecule has 0 bridgehead atoms. The standard InChI is InChI=1S/C9H13NO3S2/c1-6-4-7(2)9(8(3)5-6)15(11,12)13-14-10/h4-5H,10H2,1-3H3. The maximum atomic E-state index is 11.7. The predicted octanol–water partition coefficient (Wildman–Crippen LogP) is 1.84. The van der Waals surface area contributed by atoms with E-state index in [1.807, 2.05) is 6.92 Å². The predicted molar refractivity (Wildman–Crippen MR) is 60.7 cm³/mol. The van der Waals surface area contributed by atoms with Crippen LogP contribution >= 0.6 is 12.2 Å². The molecule has 0 aromatic heterocycles. The van der Waals surface area contributed by atoms with Gasteiger partial charge in [0.1, 0.15) is 4.90 Å². The molecule has 0 radical (unpaired) electrons. The summed E-state index contributed by atoms with van der Waals surface area (Å²) in [4.78, 5) is 0.200. The highest BCUT2D eigenvalue weighted by atomic mass is 32.3. The van der Waals surface area contributed by atoms with Gasteiger partial charge in [-0.15, -0.1) is 0 Å². The molecule has 0 aliphatic rings. The Bertz CT molecular complexity index is 445. The van der Waals surface area contributed by atoms with Gasteiger partial charge in [0.05, 0.1) is 12.2 Å². The van der Waals surface area contributed by atoms with Gasteiger partial charge >= 0.3 is 10.1 Å². The molecule has 0 aliphatic carbocycles. The molecule has 0 fully saturated rings. The van der Waals surface area contributed by atoms with Gasteiger partial charge in [-0.25, -0.2) is 0 Å². The fourth-order valence-corrected chi connectivity index (χ4v) is 3.24. The second-order valence-electron chi connectivity index (χ2n) is 3.35. The molecule has 6 heteroatoms. The summed E-state index contributed by atoms with van der Waals surface area (Å²) in [5.41, 5.74) is 2.35. The van der Waals surface area contributed by atoms with Crippen molar-refractivity contribution in [1.82, 2.24) is 0 Å². The second-order valence-corrected chi connectivity index (χ2v) is 5.40. The summed E-state index contributed by atoms with van der Waals surface area (Å²) in [7, 11) is -3.75. The second kappa shape index (κ2) is 4.52. The van der Waals surface area contributed by atoms with Gasteiger partial charge in [-0.2, -0.15) is 12.0 Å². The van der Waals surface area contributed by atoms with Crippen molar-refractivity contribution >= 4 is 22.3 Å². The number of hydrogen-bond acceptors (Lipinski definition) is 5. The maximum Gasteiger partial charge on any atom is 0.309 e. The van der Waals surface area contributed by atoms with Crippen LogP contribution in [0.1, 0.15) is 16.7 Å². The molecule has 1 rings (SSSR count). The van der Waals surface area contributed by atoms with Crippen molar-refractivity contribution in [3.05, 3.63) is 28.8 Å². The maximum absolute atomic E-state index is 11.7. The molecule has 0 atom stereocenters. The third kappa shape index (κ3) is 2.72. The SMILES string of the molecule is Cc1cc(C)c(S(=O)(=O)OSN)c(C)c1. The van der Waals surface area contributed by atoms with Crippen molar-refractivity contribution in [2.24, 2.45) is 5.14 Å². The van der Waals surface area contributed by atoms with E-state index in [2.05, 4.69) is 3.63 Å². The Morgan fingerprint density at radius 3 is 2.07 bits per heavy atom. The molecule has 0 amide bonds. The summed E-state index contributed by atoms with van der Waals surface area (Å²) >= 11 is 0.337. The van der Waals surface area contributed by atoms with Crippen LogP contribution in [-0.4, -0.2) is 8.42 Å². The molecule has 4 nitrogen and oxygen atoms in total. The lowest BCUT2D eigenvalue weighted by molar-refractivity contribution is 0.517. The van der Waals surface area contributed by atoms with Crippen LogP contribution in [0.4, 0.5) is 0 Å². The fraction of sp³-hybridized carbons (Fsp3) is 0.333. The van der Waals surface area contributed by atoms with Crippen molar-refractivity contribution in [2.45, 2.75) is 25.7 Å². The Balaban J connectivity index is 3.38. The van der Waals surface area contributed by atoms with Crippen molar-refractivity contribution < 1.29 is 12.0 Å². The molecular formula is C9H13NO3S2. The van der Waals surface area contributed by atoms with Gasteiger partial charge in [-0.05, 0) is 31.9 Å². The van der Waals surface area contributed by atoms with Crippen molar-refractivity contribution in [3.63, 3.8) is 0 Å². The third-order valence-electron chi connectivity index (χ3n) is 1.98. The summed E-state index contributed by atoms with van der Waals surface area (Å²) < 4.78 is 27.8. The smallest absolute Gasteiger partial charge is 0.253 e. The molecule has 0 unspecified atom stereocenters. The van der Waals surface area contributed by atoms with E-state index in [0.29, 0.717) is 23.4 Å². The number of aryl methyl sites for hydroxylation is 3. The molecule has 1 aromatic rings. The first-order valence-corrected chi connectivity index (χ1v) is 6.47. The van der Waals surface area contributed by atoms with E-state index in [1.165, 1.54) is 0 Å². The van der Waals surface area contributed by atoms with Crippen LogP contribution < -0.4 is 5.14 Å². The number of hydrogen-bond donors (Lipinski definition) is 1. The Kier molecular flexibility index (Phi) is 3.77. The zero-order valence-corrected chi connectivity index (χ0v) is 10.4. The van der Waals surface area contributed by atoms with Crippen LogP contribution in [0.3, 0.4) is 0 Å². The highest BCUT2D eigenvalue weighted by Crippen LogP contribution is 2.24. The van der Waals surface area contributed by atoms with Crippen LogP contribution in [-0.2, 0) is 13.7 Å². The molecule has 0 aliphatic heterocycles. The highest BCUT2D eigenvalue weighted by molar-refractivity contribution is 8.03. The zero-order chi connectivity index (χ0) is 11.6. The molecule has 2 N–H and O–H groups in total. The minimum atomic E-state index is -3.75. The van der Waals surface area contributed by atoms with Crippen LogP contribution in [0.15, 0.2) is 17.0 Å². The van der Waals surface area contributed by atoms with Gasteiger partial charge in [0, 0.05) is 0 Å². The normalized spacial score (nSPS) is 11.7. The van der Waals surface area contributed by atoms with Crippen molar-refractivity contribution in [1.29, 1.82) is 0 Å². The summed E-state index contributed by atoms with van der Waals surface area (Å²) in [5.74, 6) is 0. The summed E-state index contributed by atoms with van der Waals surface area (Å²) in [6.45, 7) is 5.38. The summed E-state index contributed by atoms with van der Waals surface area (Å²) in [5, 5.41) is 5.00. The lowest BCUT2D eigenvalue weighted by Gasteiger charge is -2.10. The molecule has 84 valence electrons. The first kappa shape index (κ1) is 12.5. The number of rotatable bonds is 3.